The minimum absolute atomic E-state index is 0.000185. The lowest BCUT2D eigenvalue weighted by Crippen LogP contribution is -2.50. The van der Waals surface area contributed by atoms with Crippen LogP contribution in [0.1, 0.15) is 25.7 Å². The fourth-order valence-electron chi connectivity index (χ4n) is 3.05. The van der Waals surface area contributed by atoms with Crippen LogP contribution in [-0.4, -0.2) is 55.9 Å². The zero-order chi connectivity index (χ0) is 12.8. The molecule has 1 saturated carbocycles. The summed E-state index contributed by atoms with van der Waals surface area (Å²) in [5.74, 6) is 0.531. The maximum atomic E-state index is 11.8. The summed E-state index contributed by atoms with van der Waals surface area (Å²) in [7, 11) is -2.99. The van der Waals surface area contributed by atoms with Gasteiger partial charge < -0.3 is 5.32 Å². The Bertz CT molecular complexity index is 438. The lowest BCUT2D eigenvalue weighted by molar-refractivity contribution is -0.123. The van der Waals surface area contributed by atoms with Crippen LogP contribution in [0.3, 0.4) is 0 Å². The van der Waals surface area contributed by atoms with E-state index in [-0.39, 0.29) is 35.4 Å². The lowest BCUT2D eigenvalue weighted by Gasteiger charge is -2.28. The van der Waals surface area contributed by atoms with Crippen LogP contribution in [-0.2, 0) is 14.6 Å². The fourth-order valence-corrected chi connectivity index (χ4v) is 5.00. The largest absolute Gasteiger partial charge is 0.350 e. The molecule has 1 N–H and O–H groups in total. The SMILES string of the molecule is O=C(N[C@H]1CS(=O)(=O)C[C@@H]1N1CCCC1)C1CC1. The molecular weight excluding hydrogens is 252 g/mol. The first-order valence-electron chi connectivity index (χ1n) is 6.80. The molecule has 1 amide bonds. The van der Waals surface area contributed by atoms with Gasteiger partial charge in [0.25, 0.3) is 0 Å². The van der Waals surface area contributed by atoms with Gasteiger partial charge in [-0.1, -0.05) is 0 Å². The Morgan fingerprint density at radius 3 is 2.39 bits per heavy atom. The average molecular weight is 272 g/mol. The standard InChI is InChI=1S/C12H20N2O3S/c15-12(9-3-4-9)13-10-7-18(16,17)8-11(10)14-5-1-2-6-14/h9-11H,1-8H2,(H,13,15)/t10-,11-/m0/s1. The van der Waals surface area contributed by atoms with Crippen LogP contribution in [0.4, 0.5) is 0 Å². The highest BCUT2D eigenvalue weighted by molar-refractivity contribution is 7.91. The Labute approximate surface area is 108 Å². The molecule has 5 nitrogen and oxygen atoms in total. The van der Waals surface area contributed by atoms with Crippen molar-refractivity contribution in [2.45, 2.75) is 37.8 Å². The summed E-state index contributed by atoms with van der Waals surface area (Å²) in [5.41, 5.74) is 0. The van der Waals surface area contributed by atoms with Crippen LogP contribution in [0.15, 0.2) is 0 Å². The van der Waals surface area contributed by atoms with E-state index in [1.807, 2.05) is 0 Å². The molecule has 3 fully saturated rings. The molecule has 2 atom stereocenters. The van der Waals surface area contributed by atoms with Gasteiger partial charge >= 0.3 is 0 Å². The normalized spacial score (nSPS) is 35.8. The molecule has 3 rings (SSSR count). The first-order valence-corrected chi connectivity index (χ1v) is 8.62. The van der Waals surface area contributed by atoms with Crippen LogP contribution in [0.5, 0.6) is 0 Å². The van der Waals surface area contributed by atoms with E-state index in [0.717, 1.165) is 38.8 Å². The number of likely N-dealkylation sites (tertiary alicyclic amines) is 1. The summed E-state index contributed by atoms with van der Waals surface area (Å²) in [6, 6.07) is -0.193. The molecule has 2 aliphatic heterocycles. The third-order valence-corrected chi connectivity index (χ3v) is 5.92. The Morgan fingerprint density at radius 2 is 1.78 bits per heavy atom. The monoisotopic (exact) mass is 272 g/mol. The number of sulfone groups is 1. The minimum Gasteiger partial charge on any atom is -0.350 e. The third kappa shape index (κ3) is 2.54. The Balaban J connectivity index is 1.70. The van der Waals surface area contributed by atoms with Gasteiger partial charge in [-0.3, -0.25) is 9.69 Å². The molecule has 2 heterocycles. The number of carbonyl (C=O) groups excluding carboxylic acids is 1. The van der Waals surface area contributed by atoms with E-state index in [1.54, 1.807) is 0 Å². The van der Waals surface area contributed by atoms with Crippen molar-refractivity contribution in [1.29, 1.82) is 0 Å². The third-order valence-electron chi connectivity index (χ3n) is 4.21. The topological polar surface area (TPSA) is 66.5 Å². The van der Waals surface area contributed by atoms with Crippen LogP contribution < -0.4 is 5.32 Å². The number of amides is 1. The van der Waals surface area contributed by atoms with Crippen molar-refractivity contribution in [3.63, 3.8) is 0 Å². The second-order valence-corrected chi connectivity index (χ2v) is 7.93. The Hall–Kier alpha value is -0.620. The predicted molar refractivity (Wildman–Crippen MR) is 67.9 cm³/mol. The molecule has 0 bridgehead atoms. The van der Waals surface area contributed by atoms with Crippen molar-refractivity contribution in [2.75, 3.05) is 24.6 Å². The van der Waals surface area contributed by atoms with Crippen molar-refractivity contribution >= 4 is 15.7 Å². The summed E-state index contributed by atoms with van der Waals surface area (Å²) in [6.07, 6.45) is 4.19. The van der Waals surface area contributed by atoms with Crippen molar-refractivity contribution in [3.05, 3.63) is 0 Å². The predicted octanol–water partition coefficient (Wildman–Crippen LogP) is -0.226. The molecule has 1 aliphatic carbocycles. The van der Waals surface area contributed by atoms with Gasteiger partial charge in [0, 0.05) is 12.0 Å². The molecule has 0 aromatic heterocycles. The van der Waals surface area contributed by atoms with Crippen molar-refractivity contribution in [1.82, 2.24) is 10.2 Å². The van der Waals surface area contributed by atoms with Crippen LogP contribution in [0.2, 0.25) is 0 Å². The zero-order valence-electron chi connectivity index (χ0n) is 10.5. The summed E-state index contributed by atoms with van der Waals surface area (Å²) >= 11 is 0. The first-order chi connectivity index (χ1) is 8.55. The van der Waals surface area contributed by atoms with Gasteiger partial charge in [-0.25, -0.2) is 8.42 Å². The van der Waals surface area contributed by atoms with E-state index in [1.165, 1.54) is 0 Å². The van der Waals surface area contributed by atoms with E-state index in [2.05, 4.69) is 10.2 Å². The number of nitrogens with one attached hydrogen (secondary N) is 1. The van der Waals surface area contributed by atoms with Crippen LogP contribution >= 0.6 is 0 Å². The second kappa shape index (κ2) is 4.49. The molecule has 0 aromatic rings. The van der Waals surface area contributed by atoms with E-state index in [4.69, 9.17) is 0 Å². The summed E-state index contributed by atoms with van der Waals surface area (Å²) in [6.45, 7) is 1.94. The molecule has 18 heavy (non-hydrogen) atoms. The number of rotatable bonds is 3. The van der Waals surface area contributed by atoms with Crippen LogP contribution in [0, 0.1) is 5.92 Å². The van der Waals surface area contributed by atoms with Gasteiger partial charge in [0.2, 0.25) is 5.91 Å². The van der Waals surface area contributed by atoms with Crippen molar-refractivity contribution in [2.24, 2.45) is 5.92 Å². The molecule has 6 heteroatoms. The molecule has 102 valence electrons. The summed E-state index contributed by atoms with van der Waals surface area (Å²) in [5, 5.41) is 2.96. The van der Waals surface area contributed by atoms with E-state index in [0.29, 0.717) is 0 Å². The van der Waals surface area contributed by atoms with Crippen molar-refractivity contribution in [3.8, 4) is 0 Å². The number of nitrogens with zero attached hydrogens (tertiary/aromatic N) is 1. The van der Waals surface area contributed by atoms with Gasteiger partial charge in [0.1, 0.15) is 0 Å². The van der Waals surface area contributed by atoms with Gasteiger partial charge in [0.15, 0.2) is 9.84 Å². The van der Waals surface area contributed by atoms with E-state index in [9.17, 15) is 13.2 Å². The minimum atomic E-state index is -2.99. The second-order valence-electron chi connectivity index (χ2n) is 5.78. The molecule has 0 radical (unpaired) electrons. The molecule has 0 unspecified atom stereocenters. The highest BCUT2D eigenvalue weighted by atomic mass is 32.2. The highest BCUT2D eigenvalue weighted by Crippen LogP contribution is 2.30. The molecule has 3 aliphatic rings. The smallest absolute Gasteiger partial charge is 0.223 e. The van der Waals surface area contributed by atoms with Gasteiger partial charge in [0.05, 0.1) is 17.5 Å². The molecule has 2 saturated heterocycles. The first kappa shape index (κ1) is 12.4. The maximum Gasteiger partial charge on any atom is 0.223 e. The number of hydrogen-bond donors (Lipinski definition) is 1. The number of hydrogen-bond acceptors (Lipinski definition) is 4. The quantitative estimate of drug-likeness (QED) is 0.771. The molecular formula is C12H20N2O3S. The van der Waals surface area contributed by atoms with Crippen LogP contribution in [0.25, 0.3) is 0 Å². The maximum absolute atomic E-state index is 11.8. The highest BCUT2D eigenvalue weighted by Gasteiger charge is 2.43. The Kier molecular flexibility index (Phi) is 3.10. The molecule has 0 spiro atoms. The van der Waals surface area contributed by atoms with Gasteiger partial charge in [-0.05, 0) is 38.8 Å². The Morgan fingerprint density at radius 1 is 1.11 bits per heavy atom. The van der Waals surface area contributed by atoms with E-state index >= 15 is 0 Å². The average Bonchev–Trinajstić information content (AvgIpc) is 2.92. The lowest BCUT2D eigenvalue weighted by atomic mass is 10.1. The molecule has 0 aromatic carbocycles. The number of carbonyl (C=O) groups is 1. The fraction of sp³-hybridized carbons (Fsp3) is 0.917. The summed E-state index contributed by atoms with van der Waals surface area (Å²) < 4.78 is 23.6. The van der Waals surface area contributed by atoms with E-state index < -0.39 is 9.84 Å². The zero-order valence-corrected chi connectivity index (χ0v) is 11.3. The van der Waals surface area contributed by atoms with Gasteiger partial charge in [-0.2, -0.15) is 0 Å². The van der Waals surface area contributed by atoms with Crippen molar-refractivity contribution < 1.29 is 13.2 Å². The van der Waals surface area contributed by atoms with Gasteiger partial charge in [-0.15, -0.1) is 0 Å². The summed E-state index contributed by atoms with van der Waals surface area (Å²) in [4.78, 5) is 14.0.